The molecule has 2 amide bonds. The summed E-state index contributed by atoms with van der Waals surface area (Å²) in [7, 11) is 0. The maximum absolute atomic E-state index is 13.2. The minimum absolute atomic E-state index is 0.261. The van der Waals surface area contributed by atoms with E-state index in [1.807, 2.05) is 55.5 Å². The van der Waals surface area contributed by atoms with Gasteiger partial charge < -0.3 is 9.67 Å². The normalized spacial score (nSPS) is 12.8. The van der Waals surface area contributed by atoms with Crippen LogP contribution in [0, 0.1) is 6.92 Å². The van der Waals surface area contributed by atoms with E-state index in [0.29, 0.717) is 28.9 Å². The molecule has 0 aliphatic carbocycles. The molecule has 0 unspecified atom stereocenters. The number of aryl methyl sites for hydroxylation is 2. The van der Waals surface area contributed by atoms with E-state index in [-0.39, 0.29) is 17.4 Å². The molecule has 4 aromatic carbocycles. The van der Waals surface area contributed by atoms with Gasteiger partial charge in [-0.2, -0.15) is 0 Å². The Morgan fingerprint density at radius 1 is 0.850 bits per heavy atom. The van der Waals surface area contributed by atoms with Gasteiger partial charge in [0.15, 0.2) is 0 Å². The molecule has 0 radical (unpaired) electrons. The van der Waals surface area contributed by atoms with Gasteiger partial charge in [0.05, 0.1) is 33.4 Å². The highest BCUT2D eigenvalue weighted by atomic mass is 16.4. The summed E-state index contributed by atoms with van der Waals surface area (Å²) in [5, 5.41) is 9.59. The van der Waals surface area contributed by atoms with Crippen LogP contribution in [0.25, 0.3) is 22.2 Å². The van der Waals surface area contributed by atoms with Crippen molar-refractivity contribution in [3.63, 3.8) is 0 Å². The Morgan fingerprint density at radius 3 is 2.10 bits per heavy atom. The first-order valence-electron chi connectivity index (χ1n) is 13.3. The first kappa shape index (κ1) is 25.2. The van der Waals surface area contributed by atoms with Crippen molar-refractivity contribution >= 4 is 34.5 Å². The van der Waals surface area contributed by atoms with Crippen LogP contribution >= 0.6 is 0 Å². The molecule has 0 saturated carbocycles. The summed E-state index contributed by atoms with van der Waals surface area (Å²) in [6.45, 7) is 4.60. The smallest absolute Gasteiger partial charge is 0.336 e. The van der Waals surface area contributed by atoms with Gasteiger partial charge in [0.1, 0.15) is 5.82 Å². The number of carbonyl (C=O) groups excluding carboxylic acids is 2. The van der Waals surface area contributed by atoms with Gasteiger partial charge in [-0.3, -0.25) is 9.59 Å². The predicted molar refractivity (Wildman–Crippen MR) is 154 cm³/mol. The third kappa shape index (κ3) is 4.16. The van der Waals surface area contributed by atoms with Crippen molar-refractivity contribution < 1.29 is 19.5 Å². The molecule has 7 nitrogen and oxygen atoms in total. The minimum Gasteiger partial charge on any atom is -0.478 e. The summed E-state index contributed by atoms with van der Waals surface area (Å²) in [4.78, 5) is 44.3. The molecular formula is C33H27N3O4. The summed E-state index contributed by atoms with van der Waals surface area (Å²) < 4.78 is 2.15. The number of rotatable bonds is 7. The van der Waals surface area contributed by atoms with Gasteiger partial charge in [0, 0.05) is 13.0 Å². The van der Waals surface area contributed by atoms with E-state index in [1.54, 1.807) is 36.4 Å². The molecule has 1 N–H and O–H groups in total. The Kier molecular flexibility index (Phi) is 6.27. The van der Waals surface area contributed by atoms with E-state index in [9.17, 15) is 19.5 Å². The molecular weight excluding hydrogens is 502 g/mol. The Labute approximate surface area is 231 Å². The number of anilines is 1. The molecule has 1 aromatic heterocycles. The number of imide groups is 1. The Morgan fingerprint density at radius 2 is 1.48 bits per heavy atom. The Balaban J connectivity index is 1.40. The minimum atomic E-state index is -0.960. The fraction of sp³-hybridized carbons (Fsp3) is 0.152. The van der Waals surface area contributed by atoms with Crippen LogP contribution in [0.3, 0.4) is 0 Å². The number of hydrogen-bond acceptors (Lipinski definition) is 4. The number of aromatic carboxylic acids is 1. The lowest BCUT2D eigenvalue weighted by Crippen LogP contribution is -2.29. The number of benzene rings is 4. The van der Waals surface area contributed by atoms with Crippen molar-refractivity contribution in [1.29, 1.82) is 0 Å². The van der Waals surface area contributed by atoms with E-state index in [2.05, 4.69) is 11.5 Å². The van der Waals surface area contributed by atoms with Crippen molar-refractivity contribution in [2.24, 2.45) is 0 Å². The molecule has 0 spiro atoms. The topological polar surface area (TPSA) is 92.5 Å². The van der Waals surface area contributed by atoms with Crippen LogP contribution < -0.4 is 4.90 Å². The first-order valence-corrected chi connectivity index (χ1v) is 13.3. The number of fused-ring (bicyclic) bond motifs is 2. The highest BCUT2D eigenvalue weighted by Gasteiger charge is 2.36. The van der Waals surface area contributed by atoms with Crippen LogP contribution in [0.2, 0.25) is 0 Å². The second-order valence-corrected chi connectivity index (χ2v) is 10.0. The van der Waals surface area contributed by atoms with E-state index in [4.69, 9.17) is 4.98 Å². The Bertz CT molecular complexity index is 1780. The third-order valence-corrected chi connectivity index (χ3v) is 7.40. The molecule has 7 heteroatoms. The largest absolute Gasteiger partial charge is 0.478 e. The van der Waals surface area contributed by atoms with Gasteiger partial charge in [-0.05, 0) is 65.9 Å². The quantitative estimate of drug-likeness (QED) is 0.243. The SMILES string of the molecule is CCCc1nc2c(C)cc(N3C(=O)c4ccccc4C3=O)cc2n1Cc1ccc(-c2ccccc2C(=O)O)cc1. The Hall–Kier alpha value is -5.04. The summed E-state index contributed by atoms with van der Waals surface area (Å²) in [6.07, 6.45) is 1.69. The predicted octanol–water partition coefficient (Wildman–Crippen LogP) is 6.51. The average Bonchev–Trinajstić information content (AvgIpc) is 3.43. The lowest BCUT2D eigenvalue weighted by molar-refractivity contribution is 0.0697. The van der Waals surface area contributed by atoms with E-state index in [0.717, 1.165) is 46.4 Å². The van der Waals surface area contributed by atoms with Crippen molar-refractivity contribution in [1.82, 2.24) is 9.55 Å². The first-order chi connectivity index (χ1) is 19.4. The summed E-state index contributed by atoms with van der Waals surface area (Å²) in [6, 6.07) is 25.5. The van der Waals surface area contributed by atoms with Gasteiger partial charge in [0.2, 0.25) is 0 Å². The molecule has 1 aliphatic heterocycles. The van der Waals surface area contributed by atoms with Gasteiger partial charge in [-0.15, -0.1) is 0 Å². The molecule has 2 heterocycles. The maximum Gasteiger partial charge on any atom is 0.336 e. The molecule has 198 valence electrons. The van der Waals surface area contributed by atoms with Gasteiger partial charge in [-0.1, -0.05) is 61.5 Å². The average molecular weight is 530 g/mol. The number of aromatic nitrogens is 2. The molecule has 0 atom stereocenters. The van der Waals surface area contributed by atoms with Crippen LogP contribution in [0.1, 0.15) is 61.4 Å². The van der Waals surface area contributed by atoms with Crippen molar-refractivity contribution in [3.05, 3.63) is 119 Å². The summed E-state index contributed by atoms with van der Waals surface area (Å²) >= 11 is 0. The van der Waals surface area contributed by atoms with Crippen LogP contribution in [-0.2, 0) is 13.0 Å². The highest BCUT2D eigenvalue weighted by Crippen LogP contribution is 2.33. The standard InChI is InChI=1S/C33H27N3O4/c1-3-8-29-34-30-20(2)17-23(36-31(37)25-10-5-6-11-26(25)32(36)38)18-28(30)35(29)19-21-13-15-22(16-14-21)24-9-4-7-12-27(24)33(39)40/h4-7,9-18H,3,8,19H2,1-2H3,(H,39,40). The number of imidazole rings is 1. The number of carbonyl (C=O) groups is 3. The van der Waals surface area contributed by atoms with Crippen LogP contribution in [-0.4, -0.2) is 32.4 Å². The van der Waals surface area contributed by atoms with E-state index in [1.165, 1.54) is 4.90 Å². The molecule has 5 aromatic rings. The van der Waals surface area contributed by atoms with Crippen LogP contribution in [0.15, 0.2) is 84.9 Å². The number of carboxylic acids is 1. The van der Waals surface area contributed by atoms with Gasteiger partial charge in [-0.25, -0.2) is 14.7 Å². The van der Waals surface area contributed by atoms with Crippen LogP contribution in [0.5, 0.6) is 0 Å². The maximum atomic E-state index is 13.2. The van der Waals surface area contributed by atoms with E-state index >= 15 is 0 Å². The molecule has 0 fully saturated rings. The van der Waals surface area contributed by atoms with Crippen LogP contribution in [0.4, 0.5) is 5.69 Å². The van der Waals surface area contributed by atoms with E-state index < -0.39 is 5.97 Å². The molecule has 0 bridgehead atoms. The second-order valence-electron chi connectivity index (χ2n) is 10.0. The zero-order chi connectivity index (χ0) is 28.0. The molecule has 0 saturated heterocycles. The number of nitrogens with zero attached hydrogens (tertiary/aromatic N) is 3. The molecule has 40 heavy (non-hydrogen) atoms. The third-order valence-electron chi connectivity index (χ3n) is 7.40. The molecule has 1 aliphatic rings. The fourth-order valence-electron chi connectivity index (χ4n) is 5.46. The van der Waals surface area contributed by atoms with Crippen molar-refractivity contribution in [2.75, 3.05) is 4.90 Å². The summed E-state index contributed by atoms with van der Waals surface area (Å²) in [5.74, 6) is -0.675. The lowest BCUT2D eigenvalue weighted by atomic mass is 9.99. The van der Waals surface area contributed by atoms with Gasteiger partial charge in [0.25, 0.3) is 11.8 Å². The molecule has 6 rings (SSSR count). The lowest BCUT2D eigenvalue weighted by Gasteiger charge is -2.16. The monoisotopic (exact) mass is 529 g/mol. The number of amides is 2. The second kappa shape index (κ2) is 9.93. The van der Waals surface area contributed by atoms with Crippen molar-refractivity contribution in [3.8, 4) is 11.1 Å². The zero-order valence-electron chi connectivity index (χ0n) is 22.2. The van der Waals surface area contributed by atoms with Crippen molar-refractivity contribution in [2.45, 2.75) is 33.2 Å². The summed E-state index contributed by atoms with van der Waals surface area (Å²) in [5.41, 5.74) is 6.73. The number of hydrogen-bond donors (Lipinski definition) is 1. The zero-order valence-corrected chi connectivity index (χ0v) is 22.2. The van der Waals surface area contributed by atoms with Gasteiger partial charge >= 0.3 is 5.97 Å². The fourth-order valence-corrected chi connectivity index (χ4v) is 5.46. The number of carboxylic acid groups (broad SMARTS) is 1. The highest BCUT2D eigenvalue weighted by molar-refractivity contribution is 6.34.